The summed E-state index contributed by atoms with van der Waals surface area (Å²) in [6, 6.07) is 6.31. The lowest BCUT2D eigenvalue weighted by atomic mass is 10.1. The largest absolute Gasteiger partial charge is 0.395 e. The number of hydrogen-bond donors (Lipinski definition) is 1. The average Bonchev–Trinajstić information content (AvgIpc) is 2.35. The van der Waals surface area contributed by atoms with Crippen LogP contribution in [-0.2, 0) is 6.54 Å². The topological polar surface area (TPSA) is 47.3 Å². The summed E-state index contributed by atoms with van der Waals surface area (Å²) in [5.41, 5.74) is 1.11. The van der Waals surface area contributed by atoms with Crippen LogP contribution in [0.25, 0.3) is 0 Å². The third-order valence-corrected chi connectivity index (χ3v) is 2.74. The maximum atomic E-state index is 13.3. The summed E-state index contributed by atoms with van der Waals surface area (Å²) in [5.74, 6) is -0.386. The molecular weight excluding hydrogens is 231 g/mol. The summed E-state index contributed by atoms with van der Waals surface area (Å²) >= 11 is 0. The molecule has 0 atom stereocenters. The molecule has 1 N–H and O–H groups in total. The van der Waals surface area contributed by atoms with E-state index in [1.54, 1.807) is 6.07 Å². The van der Waals surface area contributed by atoms with Gasteiger partial charge in [-0.15, -0.1) is 0 Å². The summed E-state index contributed by atoms with van der Waals surface area (Å²) in [7, 11) is 0. The molecule has 0 saturated heterocycles. The van der Waals surface area contributed by atoms with Crippen LogP contribution >= 0.6 is 0 Å². The monoisotopic (exact) mass is 250 g/mol. The number of aliphatic hydroxyl groups is 1. The van der Waals surface area contributed by atoms with Gasteiger partial charge in [-0.1, -0.05) is 13.3 Å². The highest BCUT2D eigenvalue weighted by atomic mass is 19.1. The van der Waals surface area contributed by atoms with Gasteiger partial charge in [-0.25, -0.2) is 4.39 Å². The van der Waals surface area contributed by atoms with Gasteiger partial charge in [-0.05, 0) is 36.7 Å². The summed E-state index contributed by atoms with van der Waals surface area (Å²) in [6.07, 6.45) is 2.12. The van der Waals surface area contributed by atoms with Gasteiger partial charge in [0.05, 0.1) is 18.2 Å². The van der Waals surface area contributed by atoms with Gasteiger partial charge in [0.25, 0.3) is 0 Å². The number of benzene rings is 1. The van der Waals surface area contributed by atoms with E-state index in [1.165, 1.54) is 12.1 Å². The highest BCUT2D eigenvalue weighted by Gasteiger charge is 2.07. The van der Waals surface area contributed by atoms with E-state index in [-0.39, 0.29) is 12.4 Å². The summed E-state index contributed by atoms with van der Waals surface area (Å²) in [6.45, 7) is 4.19. The van der Waals surface area contributed by atoms with Gasteiger partial charge in [0, 0.05) is 13.1 Å². The molecule has 3 nitrogen and oxygen atoms in total. The molecule has 0 unspecified atom stereocenters. The van der Waals surface area contributed by atoms with E-state index < -0.39 is 0 Å². The molecule has 4 heteroatoms. The van der Waals surface area contributed by atoms with Gasteiger partial charge in [-0.2, -0.15) is 5.26 Å². The van der Waals surface area contributed by atoms with Crippen LogP contribution in [0.1, 0.15) is 30.9 Å². The van der Waals surface area contributed by atoms with Gasteiger partial charge in [0.1, 0.15) is 5.82 Å². The van der Waals surface area contributed by atoms with E-state index in [4.69, 9.17) is 10.4 Å². The van der Waals surface area contributed by atoms with E-state index in [0.717, 1.165) is 24.9 Å². The Morgan fingerprint density at radius 3 is 2.72 bits per heavy atom. The first-order valence-corrected chi connectivity index (χ1v) is 6.22. The molecule has 0 bridgehead atoms. The molecule has 0 saturated carbocycles. The van der Waals surface area contributed by atoms with Gasteiger partial charge in [-0.3, -0.25) is 4.90 Å². The van der Waals surface area contributed by atoms with Crippen LogP contribution in [0.15, 0.2) is 18.2 Å². The van der Waals surface area contributed by atoms with E-state index in [0.29, 0.717) is 18.7 Å². The van der Waals surface area contributed by atoms with Crippen molar-refractivity contribution in [3.8, 4) is 6.07 Å². The van der Waals surface area contributed by atoms with E-state index in [1.807, 2.05) is 6.07 Å². The first-order chi connectivity index (χ1) is 8.69. The number of hydrogen-bond acceptors (Lipinski definition) is 3. The predicted molar refractivity (Wildman–Crippen MR) is 68.4 cm³/mol. The molecule has 0 spiro atoms. The minimum Gasteiger partial charge on any atom is -0.395 e. The number of nitriles is 1. The van der Waals surface area contributed by atoms with Crippen LogP contribution in [0.5, 0.6) is 0 Å². The molecule has 1 aromatic rings. The Kier molecular flexibility index (Phi) is 6.34. The van der Waals surface area contributed by atoms with Gasteiger partial charge < -0.3 is 5.11 Å². The van der Waals surface area contributed by atoms with Crippen molar-refractivity contribution < 1.29 is 9.50 Å². The summed E-state index contributed by atoms with van der Waals surface area (Å²) in [5, 5.41) is 17.8. The van der Waals surface area contributed by atoms with Crippen LogP contribution in [0, 0.1) is 17.1 Å². The lowest BCUT2D eigenvalue weighted by Gasteiger charge is -2.21. The van der Waals surface area contributed by atoms with Crippen LogP contribution in [0.3, 0.4) is 0 Å². The van der Waals surface area contributed by atoms with Crippen LogP contribution in [0.2, 0.25) is 0 Å². The Labute approximate surface area is 107 Å². The Morgan fingerprint density at radius 2 is 2.11 bits per heavy atom. The average molecular weight is 250 g/mol. The van der Waals surface area contributed by atoms with E-state index >= 15 is 0 Å². The lowest BCUT2D eigenvalue weighted by Crippen LogP contribution is -2.27. The Balaban J connectivity index is 2.73. The van der Waals surface area contributed by atoms with E-state index in [2.05, 4.69) is 11.8 Å². The fraction of sp³-hybridized carbons (Fsp3) is 0.500. The smallest absolute Gasteiger partial charge is 0.124 e. The van der Waals surface area contributed by atoms with Crippen molar-refractivity contribution in [2.75, 3.05) is 19.7 Å². The molecule has 0 aliphatic rings. The molecule has 0 amide bonds. The highest BCUT2D eigenvalue weighted by molar-refractivity contribution is 5.33. The molecule has 98 valence electrons. The van der Waals surface area contributed by atoms with Crippen molar-refractivity contribution in [2.45, 2.75) is 26.3 Å². The predicted octanol–water partition coefficient (Wildman–Crippen LogP) is 2.29. The zero-order valence-electron chi connectivity index (χ0n) is 10.7. The lowest BCUT2D eigenvalue weighted by molar-refractivity contribution is 0.188. The minimum atomic E-state index is -0.386. The number of aliphatic hydroxyl groups excluding tert-OH is 1. The van der Waals surface area contributed by atoms with Crippen molar-refractivity contribution in [3.63, 3.8) is 0 Å². The maximum absolute atomic E-state index is 13.3. The number of nitrogens with zero attached hydrogens (tertiary/aromatic N) is 2. The quantitative estimate of drug-likeness (QED) is 0.807. The molecule has 1 aromatic carbocycles. The van der Waals surface area contributed by atoms with E-state index in [9.17, 15) is 4.39 Å². The van der Waals surface area contributed by atoms with Gasteiger partial charge in [0.2, 0.25) is 0 Å². The number of halogens is 1. The SMILES string of the molecule is CCCCN(CCO)Cc1cc(F)cc(C#N)c1. The second-order valence-corrected chi connectivity index (χ2v) is 4.31. The third-order valence-electron chi connectivity index (χ3n) is 2.74. The molecular formula is C14H19FN2O. The van der Waals surface area contributed by atoms with Crippen LogP contribution in [0.4, 0.5) is 4.39 Å². The molecule has 1 rings (SSSR count). The third kappa shape index (κ3) is 4.82. The fourth-order valence-corrected chi connectivity index (χ4v) is 1.86. The minimum absolute atomic E-state index is 0.0874. The Hall–Kier alpha value is -1.44. The molecule has 0 aromatic heterocycles. The summed E-state index contributed by atoms with van der Waals surface area (Å²) < 4.78 is 13.3. The maximum Gasteiger partial charge on any atom is 0.124 e. The normalized spacial score (nSPS) is 10.6. The zero-order chi connectivity index (χ0) is 13.4. The van der Waals surface area contributed by atoms with Crippen LogP contribution < -0.4 is 0 Å². The highest BCUT2D eigenvalue weighted by Crippen LogP contribution is 2.11. The number of unbranched alkanes of at least 4 members (excludes halogenated alkanes) is 1. The zero-order valence-corrected chi connectivity index (χ0v) is 10.7. The first kappa shape index (κ1) is 14.6. The van der Waals surface area contributed by atoms with Crippen molar-refractivity contribution in [1.29, 1.82) is 5.26 Å². The molecule has 0 heterocycles. The van der Waals surface area contributed by atoms with Crippen molar-refractivity contribution >= 4 is 0 Å². The number of rotatable bonds is 7. The molecule has 0 radical (unpaired) electrons. The van der Waals surface area contributed by atoms with Crippen molar-refractivity contribution in [3.05, 3.63) is 35.1 Å². The van der Waals surface area contributed by atoms with Gasteiger partial charge in [0.15, 0.2) is 0 Å². The molecule has 0 aliphatic heterocycles. The van der Waals surface area contributed by atoms with Crippen molar-refractivity contribution in [2.24, 2.45) is 0 Å². The summed E-state index contributed by atoms with van der Waals surface area (Å²) in [4.78, 5) is 2.07. The second kappa shape index (κ2) is 7.80. The standard InChI is InChI=1S/C14H19FN2O/c1-2-3-4-17(5-6-18)11-13-7-12(10-16)8-14(15)9-13/h7-9,18H,2-6,11H2,1H3. The fourth-order valence-electron chi connectivity index (χ4n) is 1.86. The molecule has 0 fully saturated rings. The Morgan fingerprint density at radius 1 is 1.33 bits per heavy atom. The van der Waals surface area contributed by atoms with Gasteiger partial charge >= 0.3 is 0 Å². The molecule has 18 heavy (non-hydrogen) atoms. The Bertz CT molecular complexity index is 415. The first-order valence-electron chi connectivity index (χ1n) is 6.22. The van der Waals surface area contributed by atoms with Crippen molar-refractivity contribution in [1.82, 2.24) is 4.90 Å². The van der Waals surface area contributed by atoms with Crippen LogP contribution in [-0.4, -0.2) is 29.7 Å². The second-order valence-electron chi connectivity index (χ2n) is 4.31. The molecule has 0 aliphatic carbocycles.